The van der Waals surface area contributed by atoms with Crippen molar-refractivity contribution in [1.29, 1.82) is 0 Å². The summed E-state index contributed by atoms with van der Waals surface area (Å²) >= 11 is 0. The predicted molar refractivity (Wildman–Crippen MR) is 254 cm³/mol. The average Bonchev–Trinajstić information content (AvgIpc) is 3.50. The zero-order valence-electron chi connectivity index (χ0n) is 39.4. The van der Waals surface area contributed by atoms with Gasteiger partial charge in [0.05, 0.1) is 46.1 Å². The molecule has 12 nitrogen and oxygen atoms in total. The van der Waals surface area contributed by atoms with Crippen LogP contribution in [0.4, 0.5) is 0 Å². The number of unbranched alkanes of at least 4 members (excludes halogenated alkanes) is 5. The number of phosphoric ester groups is 1. The molecule has 0 saturated heterocycles. The molecule has 0 aromatic carbocycles. The quantitative estimate of drug-likeness (QED) is 0.0154. The van der Waals surface area contributed by atoms with Crippen LogP contribution in [-0.4, -0.2) is 109 Å². The number of aliphatic hydroxyl groups is 3. The summed E-state index contributed by atoms with van der Waals surface area (Å²) in [6.45, 7) is 3.86. The number of likely N-dealkylation sites (N-methyl/N-ethyl adjacent to an activating group) is 1. The van der Waals surface area contributed by atoms with Crippen LogP contribution in [0.25, 0.3) is 0 Å². The summed E-state index contributed by atoms with van der Waals surface area (Å²) in [6, 6.07) is 0. The second-order valence-corrected chi connectivity index (χ2v) is 18.8. The van der Waals surface area contributed by atoms with Crippen molar-refractivity contribution >= 4 is 19.8 Å². The molecule has 1 aliphatic rings. The third-order valence-corrected chi connectivity index (χ3v) is 11.5. The molecule has 0 aliphatic heterocycles. The Balaban J connectivity index is 2.51. The summed E-state index contributed by atoms with van der Waals surface area (Å²) in [5, 5.41) is 31.5. The van der Waals surface area contributed by atoms with E-state index in [4.69, 9.17) is 18.5 Å². The maximum Gasteiger partial charge on any atom is 0.472 e. The van der Waals surface area contributed by atoms with Crippen LogP contribution in [0.1, 0.15) is 136 Å². The summed E-state index contributed by atoms with van der Waals surface area (Å²) in [5.74, 6) is -1.36. The lowest BCUT2D eigenvalue weighted by molar-refractivity contribution is -0.870. The molecular weight excluding hydrogens is 822 g/mol. The zero-order valence-corrected chi connectivity index (χ0v) is 40.2. The van der Waals surface area contributed by atoms with E-state index < -0.39 is 50.8 Å². The number of carbonyl (C=O) groups excluding carboxylic acids is 2. The van der Waals surface area contributed by atoms with Gasteiger partial charge in [0, 0.05) is 25.2 Å². The van der Waals surface area contributed by atoms with Gasteiger partial charge in [-0.25, -0.2) is 4.57 Å². The molecule has 1 saturated carbocycles. The van der Waals surface area contributed by atoms with E-state index in [0.717, 1.165) is 77.0 Å². The minimum atomic E-state index is -4.46. The summed E-state index contributed by atoms with van der Waals surface area (Å²) in [4.78, 5) is 35.6. The normalized spacial score (nSPS) is 20.7. The van der Waals surface area contributed by atoms with Crippen LogP contribution in [-0.2, 0) is 32.7 Å². The molecular formula is C50H85NO11P+. The number of hydrogen-bond acceptors (Lipinski definition) is 10. The first kappa shape index (κ1) is 58.1. The van der Waals surface area contributed by atoms with E-state index in [9.17, 15) is 34.4 Å². The number of esters is 2. The topological polar surface area (TPSA) is 169 Å². The van der Waals surface area contributed by atoms with E-state index >= 15 is 0 Å². The molecule has 0 spiro atoms. The average molecular weight is 907 g/mol. The van der Waals surface area contributed by atoms with Crippen LogP contribution in [0.15, 0.2) is 85.1 Å². The van der Waals surface area contributed by atoms with Gasteiger partial charge in [-0.05, 0) is 70.1 Å². The molecule has 13 heteroatoms. The van der Waals surface area contributed by atoms with Crippen molar-refractivity contribution in [2.75, 3.05) is 47.5 Å². The highest BCUT2D eigenvalue weighted by molar-refractivity contribution is 7.47. The number of carbonyl (C=O) groups is 2. The largest absolute Gasteiger partial charge is 0.472 e. The Kier molecular flexibility index (Phi) is 33.5. The Bertz CT molecular complexity index is 1460. The molecule has 0 heterocycles. The molecule has 0 aromatic heterocycles. The molecule has 360 valence electrons. The number of phosphoric acid groups is 1. The third-order valence-electron chi connectivity index (χ3n) is 10.5. The van der Waals surface area contributed by atoms with E-state index in [0.29, 0.717) is 43.1 Å². The summed E-state index contributed by atoms with van der Waals surface area (Å²) in [7, 11) is 1.29. The first-order chi connectivity index (χ1) is 30.2. The highest BCUT2D eigenvalue weighted by Crippen LogP contribution is 2.43. The smallest absolute Gasteiger partial charge is 0.462 e. The van der Waals surface area contributed by atoms with Gasteiger partial charge < -0.3 is 34.2 Å². The fourth-order valence-corrected chi connectivity index (χ4v) is 7.58. The fraction of sp³-hybridized carbons (Fsp3) is 0.680. The van der Waals surface area contributed by atoms with Gasteiger partial charge in [-0.2, -0.15) is 0 Å². The minimum absolute atomic E-state index is 0.0226. The van der Waals surface area contributed by atoms with Gasteiger partial charge in [0.15, 0.2) is 6.10 Å². The third kappa shape index (κ3) is 33.2. The predicted octanol–water partition coefficient (Wildman–Crippen LogP) is 9.95. The van der Waals surface area contributed by atoms with E-state index in [1.54, 1.807) is 6.08 Å². The number of hydrogen-bond donors (Lipinski definition) is 4. The van der Waals surface area contributed by atoms with Crippen molar-refractivity contribution in [2.24, 2.45) is 11.8 Å². The highest BCUT2D eigenvalue weighted by Gasteiger charge is 2.39. The highest BCUT2D eigenvalue weighted by atomic mass is 31.2. The van der Waals surface area contributed by atoms with E-state index in [2.05, 4.69) is 74.6 Å². The van der Waals surface area contributed by atoms with Gasteiger partial charge >= 0.3 is 19.8 Å². The molecule has 1 unspecified atom stereocenters. The van der Waals surface area contributed by atoms with Crippen molar-refractivity contribution in [3.63, 3.8) is 0 Å². The number of quaternary nitrogens is 1. The molecule has 0 aromatic rings. The summed E-state index contributed by atoms with van der Waals surface area (Å²) in [6.07, 6.45) is 40.0. The molecule has 4 N–H and O–H groups in total. The first-order valence-corrected chi connectivity index (χ1v) is 25.1. The van der Waals surface area contributed by atoms with E-state index in [-0.39, 0.29) is 37.9 Å². The molecule has 0 bridgehead atoms. The van der Waals surface area contributed by atoms with Crippen molar-refractivity contribution in [2.45, 2.75) is 160 Å². The van der Waals surface area contributed by atoms with Crippen LogP contribution >= 0.6 is 7.82 Å². The number of allylic oxidation sites excluding steroid dienone is 12. The van der Waals surface area contributed by atoms with Crippen molar-refractivity contribution in [3.8, 4) is 0 Å². The van der Waals surface area contributed by atoms with Crippen molar-refractivity contribution < 1.29 is 57.4 Å². The molecule has 1 fully saturated rings. The molecule has 0 amide bonds. The number of rotatable bonds is 37. The monoisotopic (exact) mass is 907 g/mol. The zero-order chi connectivity index (χ0) is 46.6. The number of ether oxygens (including phenoxy) is 2. The Morgan fingerprint density at radius 1 is 0.714 bits per heavy atom. The maximum atomic E-state index is 12.8. The number of aliphatic hydroxyl groups excluding tert-OH is 3. The lowest BCUT2D eigenvalue weighted by atomic mass is 9.88. The van der Waals surface area contributed by atoms with Crippen LogP contribution in [0.3, 0.4) is 0 Å². The van der Waals surface area contributed by atoms with Crippen LogP contribution in [0.2, 0.25) is 0 Å². The van der Waals surface area contributed by atoms with Gasteiger partial charge in [0.1, 0.15) is 19.8 Å². The molecule has 63 heavy (non-hydrogen) atoms. The second-order valence-electron chi connectivity index (χ2n) is 17.4. The Labute approximate surface area is 380 Å². The van der Waals surface area contributed by atoms with Gasteiger partial charge in [0.2, 0.25) is 0 Å². The van der Waals surface area contributed by atoms with Gasteiger partial charge in [-0.1, -0.05) is 137 Å². The van der Waals surface area contributed by atoms with Gasteiger partial charge in [-0.3, -0.25) is 18.6 Å². The Morgan fingerprint density at radius 3 is 1.89 bits per heavy atom. The molecule has 7 atom stereocenters. The number of nitrogens with zero attached hydrogens (tertiary/aromatic N) is 1. The van der Waals surface area contributed by atoms with Gasteiger partial charge in [0.25, 0.3) is 0 Å². The van der Waals surface area contributed by atoms with Gasteiger partial charge in [-0.15, -0.1) is 0 Å². The Hall–Kier alpha value is -2.93. The van der Waals surface area contributed by atoms with Crippen LogP contribution in [0, 0.1) is 11.8 Å². The Morgan fingerprint density at radius 2 is 1.30 bits per heavy atom. The first-order valence-electron chi connectivity index (χ1n) is 23.6. The lowest BCUT2D eigenvalue weighted by Gasteiger charge is -2.24. The van der Waals surface area contributed by atoms with E-state index in [1.807, 2.05) is 39.4 Å². The molecule has 1 aliphatic carbocycles. The van der Waals surface area contributed by atoms with Crippen molar-refractivity contribution in [1.82, 2.24) is 0 Å². The van der Waals surface area contributed by atoms with Crippen LogP contribution in [0.5, 0.6) is 0 Å². The fourth-order valence-electron chi connectivity index (χ4n) is 6.84. The SMILES string of the molecule is CC/C=C\C/C=C\C/C=C\C/C=C\C/C=C\C/C=C\CCC(=O)OC[C@H](COP(=O)(O)OCC[N+](C)(C)C)OC(=O)CCCCCC[C@@H]1[C@@H](/C=C/[C@@H](O)CCCCC)[C@H](O)C[C@@H]1O. The summed E-state index contributed by atoms with van der Waals surface area (Å²) < 4.78 is 34.3. The maximum absolute atomic E-state index is 12.8. The van der Waals surface area contributed by atoms with Crippen LogP contribution < -0.4 is 0 Å². The lowest BCUT2D eigenvalue weighted by Crippen LogP contribution is -2.37. The summed E-state index contributed by atoms with van der Waals surface area (Å²) in [5.41, 5.74) is 0. The molecule has 0 radical (unpaired) electrons. The van der Waals surface area contributed by atoms with E-state index in [1.165, 1.54) is 0 Å². The standard InChI is InChI=1S/C50H84NO11P/c1-6-8-10-11-12-13-14-15-16-17-18-19-20-21-22-23-24-25-30-34-49(55)59-41-44(42-61-63(57,58)60-39-38-51(3,4)5)62-50(56)35-31-27-26-29-33-45-46(48(54)40-47(45)53)37-36-43(52)32-28-9-7-2/h8,10,12-13,15-16,18-19,21-22,24-25,36-37,43-48,52-54H,6-7,9,11,14,17,20,23,26-35,38-42H2,1-5H3/p+1/b10-8-,13-12-,16-15-,19-18-,22-21-,25-24-,37-36+/t43-,44+,45+,46+,47-,48+/m0/s1. The minimum Gasteiger partial charge on any atom is -0.462 e. The van der Waals surface area contributed by atoms with Crippen molar-refractivity contribution in [3.05, 3.63) is 85.1 Å². The molecule has 1 rings (SSSR count). The second kappa shape index (κ2) is 36.3.